The van der Waals surface area contributed by atoms with Crippen LogP contribution in [-0.4, -0.2) is 98.5 Å². The highest BCUT2D eigenvalue weighted by Crippen LogP contribution is 2.24. The third-order valence-corrected chi connectivity index (χ3v) is 3.64. The molecule has 7 N–H and O–H groups in total. The maximum atomic E-state index is 10.0. The molecular weight excluding hydrogens is 312 g/mol. The largest absolute Gasteiger partial charge is 0.396 e. The fraction of sp³-hybridized carbons (Fsp3) is 0.857. The number of hydrogen-bond acceptors (Lipinski definition) is 9. The van der Waals surface area contributed by atoms with E-state index in [1.807, 2.05) is 0 Å². The monoisotopic (exact) mass is 338 g/mol. The SMILES string of the molecule is C/C(=C\C(O[C@H]1O[C@H](CO)[C@@H](O)[C@H](O)[C@@H]1O)C(O)CCO)CO. The summed E-state index contributed by atoms with van der Waals surface area (Å²) in [5.41, 5.74) is 0.483. The lowest BCUT2D eigenvalue weighted by molar-refractivity contribution is -0.312. The fourth-order valence-corrected chi connectivity index (χ4v) is 2.21. The summed E-state index contributed by atoms with van der Waals surface area (Å²) in [5.74, 6) is 0. The highest BCUT2D eigenvalue weighted by atomic mass is 16.7. The molecule has 0 bridgehead atoms. The van der Waals surface area contributed by atoms with Gasteiger partial charge in [-0.3, -0.25) is 0 Å². The van der Waals surface area contributed by atoms with Crippen molar-refractivity contribution in [3.8, 4) is 0 Å². The van der Waals surface area contributed by atoms with Gasteiger partial charge in [0.1, 0.15) is 30.5 Å². The average Bonchev–Trinajstić information content (AvgIpc) is 2.54. The Morgan fingerprint density at radius 3 is 2.30 bits per heavy atom. The van der Waals surface area contributed by atoms with Gasteiger partial charge in [-0.05, 0) is 18.9 Å². The zero-order chi connectivity index (χ0) is 17.6. The summed E-state index contributed by atoms with van der Waals surface area (Å²) in [7, 11) is 0. The molecule has 0 aliphatic carbocycles. The fourth-order valence-electron chi connectivity index (χ4n) is 2.21. The van der Waals surface area contributed by atoms with Crippen LogP contribution in [0, 0.1) is 0 Å². The quantitative estimate of drug-likeness (QED) is 0.227. The predicted molar refractivity (Wildman–Crippen MR) is 77.2 cm³/mol. The number of aliphatic hydroxyl groups excluding tert-OH is 7. The van der Waals surface area contributed by atoms with E-state index in [1.54, 1.807) is 6.92 Å². The van der Waals surface area contributed by atoms with Crippen LogP contribution in [0.4, 0.5) is 0 Å². The van der Waals surface area contributed by atoms with Crippen LogP contribution >= 0.6 is 0 Å². The Hall–Kier alpha value is -0.620. The molecule has 9 nitrogen and oxygen atoms in total. The van der Waals surface area contributed by atoms with Gasteiger partial charge in [-0.1, -0.05) is 6.08 Å². The van der Waals surface area contributed by atoms with Crippen LogP contribution in [0.5, 0.6) is 0 Å². The van der Waals surface area contributed by atoms with Crippen molar-refractivity contribution in [2.24, 2.45) is 0 Å². The van der Waals surface area contributed by atoms with Gasteiger partial charge in [0, 0.05) is 6.61 Å². The Kier molecular flexibility index (Phi) is 8.54. The van der Waals surface area contributed by atoms with Gasteiger partial charge in [0.2, 0.25) is 0 Å². The molecule has 0 aromatic carbocycles. The van der Waals surface area contributed by atoms with Gasteiger partial charge in [0.15, 0.2) is 6.29 Å². The van der Waals surface area contributed by atoms with Crippen molar-refractivity contribution in [3.05, 3.63) is 11.6 Å². The Morgan fingerprint density at radius 1 is 1.13 bits per heavy atom. The second kappa shape index (κ2) is 9.62. The summed E-state index contributed by atoms with van der Waals surface area (Å²) in [5, 5.41) is 66.5. The van der Waals surface area contributed by atoms with E-state index in [1.165, 1.54) is 6.08 Å². The summed E-state index contributed by atoms with van der Waals surface area (Å²) < 4.78 is 10.6. The van der Waals surface area contributed by atoms with Crippen LogP contribution in [0.25, 0.3) is 0 Å². The predicted octanol–water partition coefficient (Wildman–Crippen LogP) is -3.15. The molecule has 7 atom stereocenters. The second-order valence-electron chi connectivity index (χ2n) is 5.55. The summed E-state index contributed by atoms with van der Waals surface area (Å²) in [4.78, 5) is 0. The van der Waals surface area contributed by atoms with Gasteiger partial charge in [-0.2, -0.15) is 0 Å². The smallest absolute Gasteiger partial charge is 0.187 e. The van der Waals surface area contributed by atoms with Gasteiger partial charge in [0.05, 0.1) is 19.3 Å². The molecule has 0 radical (unpaired) electrons. The first-order chi connectivity index (χ1) is 10.8. The molecule has 1 heterocycles. The number of aliphatic hydroxyl groups is 7. The van der Waals surface area contributed by atoms with Gasteiger partial charge < -0.3 is 45.2 Å². The lowest BCUT2D eigenvalue weighted by Gasteiger charge is -2.41. The summed E-state index contributed by atoms with van der Waals surface area (Å²) >= 11 is 0. The highest BCUT2D eigenvalue weighted by Gasteiger charge is 2.45. The molecule has 1 rings (SSSR count). The van der Waals surface area contributed by atoms with Crippen molar-refractivity contribution >= 4 is 0 Å². The van der Waals surface area contributed by atoms with E-state index in [9.17, 15) is 20.4 Å². The maximum absolute atomic E-state index is 10.0. The summed E-state index contributed by atoms with van der Waals surface area (Å²) in [6, 6.07) is 0. The van der Waals surface area contributed by atoms with E-state index >= 15 is 0 Å². The molecule has 1 aliphatic rings. The first-order valence-corrected chi connectivity index (χ1v) is 7.38. The molecule has 136 valence electrons. The minimum absolute atomic E-state index is 0.0166. The van der Waals surface area contributed by atoms with Crippen LogP contribution in [0.15, 0.2) is 11.6 Å². The normalized spacial score (nSPS) is 35.1. The molecule has 1 saturated heterocycles. The Balaban J connectivity index is 2.88. The van der Waals surface area contributed by atoms with Crippen LogP contribution in [0.1, 0.15) is 13.3 Å². The second-order valence-corrected chi connectivity index (χ2v) is 5.55. The van der Waals surface area contributed by atoms with Crippen LogP contribution in [-0.2, 0) is 9.47 Å². The minimum atomic E-state index is -1.60. The molecule has 2 unspecified atom stereocenters. The third kappa shape index (κ3) is 5.45. The average molecular weight is 338 g/mol. The number of ether oxygens (including phenoxy) is 2. The zero-order valence-electron chi connectivity index (χ0n) is 12.9. The standard InChI is InChI=1S/C14H26O9/c1-7(5-16)4-9(8(18)2-3-15)22-14-13(21)12(20)11(19)10(6-17)23-14/h4,8-21H,2-3,5-6H2,1H3/b7-4+/t8?,9?,10-,11-,12+,13+,14+/m1/s1. The zero-order valence-corrected chi connectivity index (χ0v) is 12.9. The van der Waals surface area contributed by atoms with Gasteiger partial charge in [-0.15, -0.1) is 0 Å². The highest BCUT2D eigenvalue weighted by molar-refractivity contribution is 5.04. The summed E-state index contributed by atoms with van der Waals surface area (Å²) in [6.07, 6.45) is -8.03. The van der Waals surface area contributed by atoms with Crippen molar-refractivity contribution in [1.29, 1.82) is 0 Å². The van der Waals surface area contributed by atoms with Crippen molar-refractivity contribution in [2.75, 3.05) is 19.8 Å². The van der Waals surface area contributed by atoms with Crippen molar-refractivity contribution < 1.29 is 45.2 Å². The molecule has 0 aromatic rings. The van der Waals surface area contributed by atoms with E-state index in [2.05, 4.69) is 0 Å². The maximum Gasteiger partial charge on any atom is 0.187 e. The van der Waals surface area contributed by atoms with Gasteiger partial charge >= 0.3 is 0 Å². The van der Waals surface area contributed by atoms with Gasteiger partial charge in [-0.25, -0.2) is 0 Å². The van der Waals surface area contributed by atoms with E-state index in [4.69, 9.17) is 24.8 Å². The van der Waals surface area contributed by atoms with Gasteiger partial charge in [0.25, 0.3) is 0 Å². The van der Waals surface area contributed by atoms with E-state index in [0.29, 0.717) is 5.57 Å². The number of hydrogen-bond donors (Lipinski definition) is 7. The Bertz CT molecular complexity index is 373. The molecule has 23 heavy (non-hydrogen) atoms. The van der Waals surface area contributed by atoms with E-state index < -0.39 is 49.5 Å². The number of rotatable bonds is 8. The molecule has 0 spiro atoms. The molecule has 0 amide bonds. The topological polar surface area (TPSA) is 160 Å². The lowest BCUT2D eigenvalue weighted by Crippen LogP contribution is -2.60. The molecular formula is C14H26O9. The van der Waals surface area contributed by atoms with Crippen LogP contribution in [0.2, 0.25) is 0 Å². The van der Waals surface area contributed by atoms with Crippen molar-refractivity contribution in [2.45, 2.75) is 56.3 Å². The van der Waals surface area contributed by atoms with Crippen molar-refractivity contribution in [3.63, 3.8) is 0 Å². The Morgan fingerprint density at radius 2 is 1.78 bits per heavy atom. The first kappa shape index (κ1) is 20.4. The first-order valence-electron chi connectivity index (χ1n) is 7.38. The molecule has 0 aromatic heterocycles. The van der Waals surface area contributed by atoms with Crippen molar-refractivity contribution in [1.82, 2.24) is 0 Å². The van der Waals surface area contributed by atoms with E-state index in [0.717, 1.165) is 0 Å². The summed E-state index contributed by atoms with van der Waals surface area (Å²) in [6.45, 7) is 0.414. The van der Waals surface area contributed by atoms with E-state index in [-0.39, 0.29) is 19.6 Å². The lowest BCUT2D eigenvalue weighted by atomic mass is 9.99. The Labute approximate surface area is 134 Å². The molecule has 0 saturated carbocycles. The third-order valence-electron chi connectivity index (χ3n) is 3.64. The molecule has 1 fully saturated rings. The van der Waals surface area contributed by atoms with Crippen LogP contribution in [0.3, 0.4) is 0 Å². The minimum Gasteiger partial charge on any atom is -0.396 e. The molecule has 1 aliphatic heterocycles. The van der Waals surface area contributed by atoms with Crippen LogP contribution < -0.4 is 0 Å². The molecule has 9 heteroatoms.